The van der Waals surface area contributed by atoms with Crippen LogP contribution in [0.25, 0.3) is 0 Å². The lowest BCUT2D eigenvalue weighted by molar-refractivity contribution is 0.171. The van der Waals surface area contributed by atoms with E-state index in [1.54, 1.807) is 0 Å². The second-order valence-electron chi connectivity index (χ2n) is 3.94. The van der Waals surface area contributed by atoms with Crippen molar-refractivity contribution < 1.29 is 14.6 Å². The standard InChI is InChI=1S/C12H17NO3/c1-9(8-14)13-7-10-2-3-11-12(6-10)16-5-4-15-11/h2-3,6,9,13-14H,4-5,7-8H2,1H3. The highest BCUT2D eigenvalue weighted by atomic mass is 16.6. The molecule has 1 heterocycles. The molecule has 0 fully saturated rings. The Morgan fingerprint density at radius 2 is 2.06 bits per heavy atom. The fourth-order valence-electron chi connectivity index (χ4n) is 1.55. The molecule has 4 heteroatoms. The highest BCUT2D eigenvalue weighted by molar-refractivity contribution is 5.43. The van der Waals surface area contributed by atoms with Gasteiger partial charge in [0.15, 0.2) is 11.5 Å². The predicted octanol–water partition coefficient (Wildman–Crippen LogP) is 0.928. The van der Waals surface area contributed by atoms with E-state index >= 15 is 0 Å². The van der Waals surface area contributed by atoms with Gasteiger partial charge in [0, 0.05) is 12.6 Å². The van der Waals surface area contributed by atoms with Gasteiger partial charge in [-0.1, -0.05) is 6.07 Å². The van der Waals surface area contributed by atoms with Crippen LogP contribution in [0.1, 0.15) is 12.5 Å². The lowest BCUT2D eigenvalue weighted by atomic mass is 10.2. The maximum atomic E-state index is 8.90. The molecule has 0 bridgehead atoms. The van der Waals surface area contributed by atoms with Crippen molar-refractivity contribution in [1.29, 1.82) is 0 Å². The van der Waals surface area contributed by atoms with Crippen molar-refractivity contribution in [2.75, 3.05) is 19.8 Å². The fourth-order valence-corrected chi connectivity index (χ4v) is 1.55. The molecule has 2 rings (SSSR count). The van der Waals surface area contributed by atoms with Gasteiger partial charge in [-0.2, -0.15) is 0 Å². The molecule has 0 spiro atoms. The zero-order valence-electron chi connectivity index (χ0n) is 9.40. The topological polar surface area (TPSA) is 50.7 Å². The molecule has 0 radical (unpaired) electrons. The van der Waals surface area contributed by atoms with Crippen molar-refractivity contribution in [3.8, 4) is 11.5 Å². The van der Waals surface area contributed by atoms with E-state index in [9.17, 15) is 0 Å². The van der Waals surface area contributed by atoms with Crippen LogP contribution in [0.5, 0.6) is 11.5 Å². The van der Waals surface area contributed by atoms with Gasteiger partial charge >= 0.3 is 0 Å². The van der Waals surface area contributed by atoms with E-state index in [4.69, 9.17) is 14.6 Å². The summed E-state index contributed by atoms with van der Waals surface area (Å²) in [5.41, 5.74) is 1.13. The number of aliphatic hydroxyl groups is 1. The summed E-state index contributed by atoms with van der Waals surface area (Å²) in [5.74, 6) is 1.62. The largest absolute Gasteiger partial charge is 0.486 e. The Hall–Kier alpha value is -1.26. The summed E-state index contributed by atoms with van der Waals surface area (Å²) in [6.45, 7) is 4.03. The smallest absolute Gasteiger partial charge is 0.161 e. The average molecular weight is 223 g/mol. The Morgan fingerprint density at radius 1 is 1.31 bits per heavy atom. The molecule has 1 aliphatic heterocycles. The first-order valence-corrected chi connectivity index (χ1v) is 5.52. The van der Waals surface area contributed by atoms with E-state index in [0.29, 0.717) is 13.2 Å². The molecule has 1 aromatic carbocycles. The third kappa shape index (κ3) is 2.65. The Balaban J connectivity index is 2.00. The van der Waals surface area contributed by atoms with Gasteiger partial charge in [0.2, 0.25) is 0 Å². The number of nitrogens with one attached hydrogen (secondary N) is 1. The minimum absolute atomic E-state index is 0.105. The second kappa shape index (κ2) is 5.18. The average Bonchev–Trinajstić information content (AvgIpc) is 2.35. The maximum Gasteiger partial charge on any atom is 0.161 e. The SMILES string of the molecule is CC(CO)NCc1ccc2c(c1)OCCO2. The Labute approximate surface area is 95.2 Å². The zero-order chi connectivity index (χ0) is 11.4. The maximum absolute atomic E-state index is 8.90. The quantitative estimate of drug-likeness (QED) is 0.797. The van der Waals surface area contributed by atoms with E-state index in [0.717, 1.165) is 23.6 Å². The van der Waals surface area contributed by atoms with Crippen LogP contribution in [0, 0.1) is 0 Å². The second-order valence-corrected chi connectivity index (χ2v) is 3.94. The van der Waals surface area contributed by atoms with E-state index < -0.39 is 0 Å². The molecule has 0 saturated heterocycles. The van der Waals surface area contributed by atoms with Gasteiger partial charge in [0.25, 0.3) is 0 Å². The molecule has 16 heavy (non-hydrogen) atoms. The molecule has 0 saturated carbocycles. The summed E-state index contributed by atoms with van der Waals surface area (Å²) in [4.78, 5) is 0. The van der Waals surface area contributed by atoms with Crippen LogP contribution in [0.15, 0.2) is 18.2 Å². The number of ether oxygens (including phenoxy) is 2. The van der Waals surface area contributed by atoms with Crippen LogP contribution >= 0.6 is 0 Å². The van der Waals surface area contributed by atoms with Crippen LogP contribution < -0.4 is 14.8 Å². The highest BCUT2D eigenvalue weighted by Crippen LogP contribution is 2.30. The van der Waals surface area contributed by atoms with Gasteiger partial charge in [0.05, 0.1) is 6.61 Å². The van der Waals surface area contributed by atoms with Crippen molar-refractivity contribution in [2.24, 2.45) is 0 Å². The van der Waals surface area contributed by atoms with Gasteiger partial charge < -0.3 is 19.9 Å². The minimum Gasteiger partial charge on any atom is -0.486 e. The molecule has 1 aromatic rings. The Kier molecular flexibility index (Phi) is 3.64. The molecule has 4 nitrogen and oxygen atoms in total. The summed E-state index contributed by atoms with van der Waals surface area (Å²) < 4.78 is 10.9. The van der Waals surface area contributed by atoms with Gasteiger partial charge in [0.1, 0.15) is 13.2 Å². The molecule has 0 amide bonds. The molecule has 1 aliphatic rings. The van der Waals surface area contributed by atoms with Crippen LogP contribution in [-0.2, 0) is 6.54 Å². The van der Waals surface area contributed by atoms with Crippen LogP contribution in [0.4, 0.5) is 0 Å². The number of hydrogen-bond donors (Lipinski definition) is 2. The summed E-state index contributed by atoms with van der Waals surface area (Å²) in [6, 6.07) is 6.01. The van der Waals surface area contributed by atoms with Gasteiger partial charge in [-0.25, -0.2) is 0 Å². The first-order chi connectivity index (χ1) is 7.79. The zero-order valence-corrected chi connectivity index (χ0v) is 9.40. The normalized spacial score (nSPS) is 15.9. The van der Waals surface area contributed by atoms with E-state index in [2.05, 4.69) is 5.32 Å². The van der Waals surface area contributed by atoms with E-state index in [1.807, 2.05) is 25.1 Å². The molecular formula is C12H17NO3. The van der Waals surface area contributed by atoms with Crippen molar-refractivity contribution in [2.45, 2.75) is 19.5 Å². The van der Waals surface area contributed by atoms with Gasteiger partial charge in [-0.05, 0) is 24.6 Å². The van der Waals surface area contributed by atoms with Gasteiger partial charge in [-0.3, -0.25) is 0 Å². The Morgan fingerprint density at radius 3 is 2.81 bits per heavy atom. The van der Waals surface area contributed by atoms with Crippen LogP contribution in [0.2, 0.25) is 0 Å². The van der Waals surface area contributed by atoms with E-state index in [-0.39, 0.29) is 12.6 Å². The highest BCUT2D eigenvalue weighted by Gasteiger charge is 2.11. The number of aliphatic hydroxyl groups excluding tert-OH is 1. The first-order valence-electron chi connectivity index (χ1n) is 5.52. The van der Waals surface area contributed by atoms with Gasteiger partial charge in [-0.15, -0.1) is 0 Å². The molecular weight excluding hydrogens is 206 g/mol. The monoisotopic (exact) mass is 223 g/mol. The number of hydrogen-bond acceptors (Lipinski definition) is 4. The third-order valence-corrected chi connectivity index (χ3v) is 2.54. The summed E-state index contributed by atoms with van der Waals surface area (Å²) in [5, 5.41) is 12.1. The number of rotatable bonds is 4. The van der Waals surface area contributed by atoms with Crippen molar-refractivity contribution >= 4 is 0 Å². The Bertz CT molecular complexity index is 354. The summed E-state index contributed by atoms with van der Waals surface area (Å²) in [7, 11) is 0. The van der Waals surface area contributed by atoms with Crippen molar-refractivity contribution in [3.05, 3.63) is 23.8 Å². The number of benzene rings is 1. The predicted molar refractivity (Wildman–Crippen MR) is 60.8 cm³/mol. The minimum atomic E-state index is 0.105. The van der Waals surface area contributed by atoms with E-state index in [1.165, 1.54) is 0 Å². The third-order valence-electron chi connectivity index (χ3n) is 2.54. The molecule has 88 valence electrons. The van der Waals surface area contributed by atoms with Crippen LogP contribution in [0.3, 0.4) is 0 Å². The molecule has 1 atom stereocenters. The molecule has 0 aliphatic carbocycles. The summed E-state index contributed by atoms with van der Waals surface area (Å²) >= 11 is 0. The number of fused-ring (bicyclic) bond motifs is 1. The lowest BCUT2D eigenvalue weighted by Gasteiger charge is -2.19. The lowest BCUT2D eigenvalue weighted by Crippen LogP contribution is -2.28. The van der Waals surface area contributed by atoms with Crippen molar-refractivity contribution in [1.82, 2.24) is 5.32 Å². The molecule has 2 N–H and O–H groups in total. The molecule has 0 aromatic heterocycles. The first kappa shape index (κ1) is 11.2. The van der Waals surface area contributed by atoms with Crippen LogP contribution in [-0.4, -0.2) is 31.0 Å². The summed E-state index contributed by atoms with van der Waals surface area (Å²) in [6.07, 6.45) is 0. The fraction of sp³-hybridized carbons (Fsp3) is 0.500. The molecule has 1 unspecified atom stereocenters. The van der Waals surface area contributed by atoms with Crippen molar-refractivity contribution in [3.63, 3.8) is 0 Å².